The minimum absolute atomic E-state index is 0.0676. The van der Waals surface area contributed by atoms with Gasteiger partial charge in [0, 0.05) is 0 Å². The van der Waals surface area contributed by atoms with Crippen LogP contribution >= 0.6 is 0 Å². The molecule has 1 aliphatic carbocycles. The van der Waals surface area contributed by atoms with Crippen LogP contribution in [0.15, 0.2) is 47.7 Å². The van der Waals surface area contributed by atoms with E-state index >= 15 is 0 Å². The molecule has 0 spiro atoms. The molecule has 1 aliphatic rings. The van der Waals surface area contributed by atoms with Crippen LogP contribution in [0.4, 0.5) is 0 Å². The number of allylic oxidation sites excluding steroid dienone is 2. The van der Waals surface area contributed by atoms with Crippen molar-refractivity contribution in [2.24, 2.45) is 0 Å². The van der Waals surface area contributed by atoms with Gasteiger partial charge in [-0.2, -0.15) is 0 Å². The molecular formula is C19H24O5. The molecule has 0 unspecified atom stereocenters. The summed E-state index contributed by atoms with van der Waals surface area (Å²) in [5, 5.41) is 20.2. The molecule has 24 heavy (non-hydrogen) atoms. The molecule has 0 fully saturated rings. The number of benzene rings is 1. The zero-order valence-corrected chi connectivity index (χ0v) is 14.1. The molecule has 2 rings (SSSR count). The highest BCUT2D eigenvalue weighted by Crippen LogP contribution is 2.33. The van der Waals surface area contributed by atoms with Crippen LogP contribution in [0.5, 0.6) is 5.75 Å². The summed E-state index contributed by atoms with van der Waals surface area (Å²) >= 11 is 0. The lowest BCUT2D eigenvalue weighted by Crippen LogP contribution is -2.37. The number of aromatic hydroxyl groups is 1. The number of hydrogen-bond acceptors (Lipinski definition) is 5. The first kappa shape index (κ1) is 18.2. The van der Waals surface area contributed by atoms with E-state index in [1.807, 2.05) is 13.8 Å². The van der Waals surface area contributed by atoms with E-state index in [1.165, 1.54) is 18.2 Å². The highest BCUT2D eigenvalue weighted by atomic mass is 16.7. The molecule has 130 valence electrons. The zero-order valence-electron chi connectivity index (χ0n) is 14.1. The molecule has 0 radical (unpaired) electrons. The molecule has 0 heterocycles. The Balaban J connectivity index is 2.24. The lowest BCUT2D eigenvalue weighted by Gasteiger charge is -2.33. The minimum atomic E-state index is -1.04. The van der Waals surface area contributed by atoms with Crippen LogP contribution < -0.4 is 0 Å². The van der Waals surface area contributed by atoms with Gasteiger partial charge in [0.1, 0.15) is 11.5 Å². The normalized spacial score (nSPS) is 16.4. The Labute approximate surface area is 142 Å². The van der Waals surface area contributed by atoms with Crippen molar-refractivity contribution in [3.05, 3.63) is 53.3 Å². The molecule has 0 saturated heterocycles. The van der Waals surface area contributed by atoms with Crippen LogP contribution in [-0.2, 0) is 9.47 Å². The molecule has 1 aromatic carbocycles. The summed E-state index contributed by atoms with van der Waals surface area (Å²) < 4.78 is 11.6. The van der Waals surface area contributed by atoms with E-state index in [9.17, 15) is 15.0 Å². The summed E-state index contributed by atoms with van der Waals surface area (Å²) in [6.07, 6.45) is 4.89. The Kier molecular flexibility index (Phi) is 6.17. The second-order valence-corrected chi connectivity index (χ2v) is 5.73. The number of rotatable bonds is 8. The van der Waals surface area contributed by atoms with E-state index in [4.69, 9.17) is 9.47 Å². The Morgan fingerprint density at radius 3 is 2.29 bits per heavy atom. The summed E-state index contributed by atoms with van der Waals surface area (Å²) in [5.41, 5.74) is 0.299. The fourth-order valence-electron chi connectivity index (χ4n) is 2.50. The molecule has 2 N–H and O–H groups in total. The topological polar surface area (TPSA) is 76.0 Å². The van der Waals surface area contributed by atoms with Gasteiger partial charge >= 0.3 is 0 Å². The van der Waals surface area contributed by atoms with E-state index in [2.05, 4.69) is 0 Å². The third-order valence-electron chi connectivity index (χ3n) is 3.72. The molecule has 0 amide bonds. The van der Waals surface area contributed by atoms with Gasteiger partial charge in [-0.25, -0.2) is 0 Å². The van der Waals surface area contributed by atoms with Gasteiger partial charge in [0.25, 0.3) is 0 Å². The summed E-state index contributed by atoms with van der Waals surface area (Å²) in [6.45, 7) is 4.96. The molecule has 5 heteroatoms. The van der Waals surface area contributed by atoms with Gasteiger partial charge in [-0.1, -0.05) is 26.0 Å². The maximum absolute atomic E-state index is 12.6. The Morgan fingerprint density at radius 1 is 1.12 bits per heavy atom. The number of para-hydroxylation sites is 1. The van der Waals surface area contributed by atoms with E-state index in [0.29, 0.717) is 13.2 Å². The Morgan fingerprint density at radius 2 is 1.75 bits per heavy atom. The van der Waals surface area contributed by atoms with Gasteiger partial charge in [0.05, 0.1) is 30.8 Å². The van der Waals surface area contributed by atoms with Crippen molar-refractivity contribution in [1.82, 2.24) is 0 Å². The van der Waals surface area contributed by atoms with Crippen LogP contribution in [0.1, 0.15) is 43.5 Å². The Bertz CT molecular complexity index is 637. The average Bonchev–Trinajstić information content (AvgIpc) is 2.58. The molecule has 0 atom stereocenters. The maximum atomic E-state index is 12.6. The fourth-order valence-corrected chi connectivity index (χ4v) is 2.50. The van der Waals surface area contributed by atoms with Crippen molar-refractivity contribution in [2.45, 2.75) is 38.9 Å². The van der Waals surface area contributed by atoms with Crippen LogP contribution in [-0.4, -0.2) is 35.0 Å². The van der Waals surface area contributed by atoms with E-state index in [0.717, 1.165) is 12.8 Å². The van der Waals surface area contributed by atoms with Gasteiger partial charge in [-0.15, -0.1) is 0 Å². The predicted molar refractivity (Wildman–Crippen MR) is 91.1 cm³/mol. The van der Waals surface area contributed by atoms with Gasteiger partial charge in [0.15, 0.2) is 11.6 Å². The molecule has 0 saturated carbocycles. The van der Waals surface area contributed by atoms with E-state index < -0.39 is 11.6 Å². The number of carbonyl (C=O) groups excluding carboxylic acids is 1. The van der Waals surface area contributed by atoms with Crippen molar-refractivity contribution in [3.8, 4) is 5.75 Å². The first-order valence-electron chi connectivity index (χ1n) is 8.25. The molecule has 0 aliphatic heterocycles. The minimum Gasteiger partial charge on any atom is -0.511 e. The van der Waals surface area contributed by atoms with Crippen molar-refractivity contribution >= 4 is 5.78 Å². The zero-order chi connectivity index (χ0) is 17.6. The van der Waals surface area contributed by atoms with Crippen LogP contribution in [0.2, 0.25) is 0 Å². The molecule has 0 aromatic heterocycles. The van der Waals surface area contributed by atoms with E-state index in [1.54, 1.807) is 18.2 Å². The van der Waals surface area contributed by atoms with Gasteiger partial charge in [-0.05, 0) is 37.1 Å². The number of ketones is 1. The van der Waals surface area contributed by atoms with Crippen molar-refractivity contribution in [1.29, 1.82) is 0 Å². The number of aliphatic hydroxyl groups excluding tert-OH is 1. The fraction of sp³-hybridized carbons (Fsp3) is 0.421. The predicted octanol–water partition coefficient (Wildman–Crippen LogP) is 3.90. The third kappa shape index (κ3) is 4.04. The maximum Gasteiger partial charge on any atom is 0.200 e. The molecule has 0 bridgehead atoms. The third-order valence-corrected chi connectivity index (χ3v) is 3.72. The van der Waals surface area contributed by atoms with Crippen LogP contribution in [0, 0.1) is 0 Å². The SMILES string of the molecule is CCCOC1(OCCC)C=CC(C(=O)c2ccccc2O)=C(O)C1. The smallest absolute Gasteiger partial charge is 0.200 e. The average molecular weight is 332 g/mol. The molecule has 1 aromatic rings. The standard InChI is InChI=1S/C19H24O5/c1-3-11-23-19(24-12-4-2)10-9-15(17(21)13-19)18(22)14-7-5-6-8-16(14)20/h5-10,20-21H,3-4,11-13H2,1-2H3. The highest BCUT2D eigenvalue weighted by Gasteiger charge is 2.35. The quantitative estimate of drug-likeness (QED) is 0.558. The second kappa shape index (κ2) is 8.13. The first-order chi connectivity index (χ1) is 11.5. The summed E-state index contributed by atoms with van der Waals surface area (Å²) in [4.78, 5) is 12.6. The van der Waals surface area contributed by atoms with Crippen molar-refractivity contribution < 1.29 is 24.5 Å². The number of phenolic OH excluding ortho intramolecular Hbond substituents is 1. The van der Waals surface area contributed by atoms with Gasteiger partial charge in [-0.3, -0.25) is 4.79 Å². The Hall–Kier alpha value is -2.11. The summed E-state index contributed by atoms with van der Waals surface area (Å²) in [7, 11) is 0. The number of aliphatic hydroxyl groups is 1. The van der Waals surface area contributed by atoms with Crippen LogP contribution in [0.25, 0.3) is 0 Å². The monoisotopic (exact) mass is 332 g/mol. The second-order valence-electron chi connectivity index (χ2n) is 5.73. The van der Waals surface area contributed by atoms with Crippen LogP contribution in [0.3, 0.4) is 0 Å². The summed E-state index contributed by atoms with van der Waals surface area (Å²) in [5.74, 6) is -1.68. The number of carbonyl (C=O) groups is 1. The van der Waals surface area contributed by atoms with Gasteiger partial charge < -0.3 is 19.7 Å². The highest BCUT2D eigenvalue weighted by molar-refractivity contribution is 6.12. The number of phenols is 1. The lowest BCUT2D eigenvalue weighted by molar-refractivity contribution is -0.207. The number of hydrogen-bond donors (Lipinski definition) is 2. The summed E-state index contributed by atoms with van der Waals surface area (Å²) in [6, 6.07) is 6.26. The first-order valence-corrected chi connectivity index (χ1v) is 8.25. The largest absolute Gasteiger partial charge is 0.511 e. The van der Waals surface area contributed by atoms with Crippen molar-refractivity contribution in [3.63, 3.8) is 0 Å². The number of Topliss-reactive ketones (excluding diaryl/α,β-unsaturated/α-hetero) is 1. The lowest BCUT2D eigenvalue weighted by atomic mass is 9.93. The number of ether oxygens (including phenoxy) is 2. The van der Waals surface area contributed by atoms with Crippen molar-refractivity contribution in [2.75, 3.05) is 13.2 Å². The van der Waals surface area contributed by atoms with E-state index in [-0.39, 0.29) is 29.1 Å². The molecule has 5 nitrogen and oxygen atoms in total. The molecular weight excluding hydrogens is 308 g/mol. The van der Waals surface area contributed by atoms with Gasteiger partial charge in [0.2, 0.25) is 0 Å².